The lowest BCUT2D eigenvalue weighted by Gasteiger charge is -2.07. The van der Waals surface area contributed by atoms with Crippen LogP contribution in [0.5, 0.6) is 0 Å². The predicted molar refractivity (Wildman–Crippen MR) is 91.9 cm³/mol. The van der Waals surface area contributed by atoms with Crippen molar-refractivity contribution < 1.29 is 17.9 Å². The highest BCUT2D eigenvalue weighted by Gasteiger charge is 2.07. The van der Waals surface area contributed by atoms with E-state index in [-0.39, 0.29) is 18.1 Å². The second kappa shape index (κ2) is 8.19. The summed E-state index contributed by atoms with van der Waals surface area (Å²) in [6.45, 7) is 0. The summed E-state index contributed by atoms with van der Waals surface area (Å²) < 4.78 is 35.9. The molecular weight excluding hydrogens is 387 g/mol. The van der Waals surface area contributed by atoms with E-state index < -0.39 is 11.3 Å². The molecule has 0 radical (unpaired) electrons. The van der Waals surface area contributed by atoms with E-state index in [4.69, 9.17) is 4.55 Å². The molecule has 2 aromatic carbocycles. The van der Waals surface area contributed by atoms with Gasteiger partial charge in [0.1, 0.15) is 5.82 Å². The van der Waals surface area contributed by atoms with Crippen LogP contribution in [0.1, 0.15) is 12.0 Å². The number of amides is 1. The van der Waals surface area contributed by atoms with E-state index in [0.717, 1.165) is 0 Å². The molecule has 1 unspecified atom stereocenters. The molecule has 3 N–H and O–H groups in total. The predicted octanol–water partition coefficient (Wildman–Crippen LogP) is 3.71. The van der Waals surface area contributed by atoms with Crippen molar-refractivity contribution in [3.8, 4) is 0 Å². The molecule has 1 atom stereocenters. The zero-order valence-corrected chi connectivity index (χ0v) is 14.3. The second-order valence-electron chi connectivity index (χ2n) is 4.71. The van der Waals surface area contributed by atoms with Crippen molar-refractivity contribution >= 4 is 44.5 Å². The Balaban J connectivity index is 1.88. The monoisotopic (exact) mass is 400 g/mol. The molecule has 2 aromatic rings. The third-order valence-corrected chi connectivity index (χ3v) is 3.91. The third-order valence-electron chi connectivity index (χ3n) is 3.01. The molecule has 2 rings (SSSR count). The van der Waals surface area contributed by atoms with Gasteiger partial charge in [-0.2, -0.15) is 0 Å². The van der Waals surface area contributed by atoms with Gasteiger partial charge in [-0.25, -0.2) is 8.60 Å². The lowest BCUT2D eigenvalue weighted by atomic mass is 10.1. The topological polar surface area (TPSA) is 78.4 Å². The molecule has 122 valence electrons. The van der Waals surface area contributed by atoms with E-state index in [9.17, 15) is 13.4 Å². The number of carbonyl (C=O) groups excluding carboxylic acids is 1. The van der Waals surface area contributed by atoms with Crippen molar-refractivity contribution in [1.29, 1.82) is 0 Å². The minimum atomic E-state index is -2.14. The Morgan fingerprint density at radius 2 is 1.83 bits per heavy atom. The van der Waals surface area contributed by atoms with Crippen LogP contribution in [0.25, 0.3) is 0 Å². The fourth-order valence-corrected chi connectivity index (χ4v) is 2.59. The summed E-state index contributed by atoms with van der Waals surface area (Å²) >= 11 is 1.04. The minimum Gasteiger partial charge on any atom is -0.326 e. The second-order valence-corrected chi connectivity index (χ2v) is 6.33. The molecule has 0 spiro atoms. The van der Waals surface area contributed by atoms with Gasteiger partial charge in [0.15, 0.2) is 0 Å². The van der Waals surface area contributed by atoms with E-state index in [2.05, 4.69) is 26.0 Å². The summed E-state index contributed by atoms with van der Waals surface area (Å²) in [5.41, 5.74) is 1.50. The summed E-state index contributed by atoms with van der Waals surface area (Å²) in [4.78, 5) is 11.9. The van der Waals surface area contributed by atoms with Crippen LogP contribution in [0, 0.1) is 5.82 Å². The maximum Gasteiger partial charge on any atom is 0.259 e. The first-order chi connectivity index (χ1) is 10.9. The standard InChI is InChI=1S/C15H14BrFN2O3S/c16-11-3-1-10(14(17)9-11)2-8-15(20)18-12-4-6-13(7-5-12)19-23(21)22/h1,3-7,9,19H,2,8H2,(H,18,20)(H,21,22). The maximum absolute atomic E-state index is 13.7. The van der Waals surface area contributed by atoms with Crippen LogP contribution >= 0.6 is 15.9 Å². The largest absolute Gasteiger partial charge is 0.326 e. The molecule has 0 aliphatic carbocycles. The quantitative estimate of drug-likeness (QED) is 0.646. The number of nitrogens with one attached hydrogen (secondary N) is 2. The van der Waals surface area contributed by atoms with Crippen LogP contribution < -0.4 is 10.0 Å². The summed E-state index contributed by atoms with van der Waals surface area (Å²) in [7, 11) is 0. The van der Waals surface area contributed by atoms with Gasteiger partial charge in [-0.1, -0.05) is 22.0 Å². The van der Waals surface area contributed by atoms with Gasteiger partial charge in [-0.3, -0.25) is 14.1 Å². The van der Waals surface area contributed by atoms with Crippen molar-refractivity contribution in [2.24, 2.45) is 0 Å². The normalized spacial score (nSPS) is 11.8. The van der Waals surface area contributed by atoms with E-state index in [1.54, 1.807) is 36.4 Å². The van der Waals surface area contributed by atoms with Gasteiger partial charge in [-0.05, 0) is 48.4 Å². The Bertz CT molecular complexity index is 725. The number of rotatable bonds is 6. The minimum absolute atomic E-state index is 0.152. The SMILES string of the molecule is O=C(CCc1ccc(Br)cc1F)Nc1ccc(NS(=O)O)cc1. The highest BCUT2D eigenvalue weighted by molar-refractivity contribution is 9.10. The van der Waals surface area contributed by atoms with Crippen molar-refractivity contribution in [3.63, 3.8) is 0 Å². The Labute approximate surface area is 143 Å². The van der Waals surface area contributed by atoms with Crippen molar-refractivity contribution in [3.05, 3.63) is 58.3 Å². The first-order valence-electron chi connectivity index (χ1n) is 6.65. The average molecular weight is 401 g/mol. The van der Waals surface area contributed by atoms with Gasteiger partial charge >= 0.3 is 0 Å². The Morgan fingerprint density at radius 3 is 2.43 bits per heavy atom. The van der Waals surface area contributed by atoms with E-state index in [1.165, 1.54) is 6.07 Å². The zero-order chi connectivity index (χ0) is 16.8. The van der Waals surface area contributed by atoms with Crippen LogP contribution in [0.2, 0.25) is 0 Å². The van der Waals surface area contributed by atoms with Gasteiger partial charge in [0, 0.05) is 22.3 Å². The third kappa shape index (κ3) is 5.74. The smallest absolute Gasteiger partial charge is 0.259 e. The molecule has 5 nitrogen and oxygen atoms in total. The number of anilines is 2. The van der Waals surface area contributed by atoms with E-state index in [1.807, 2.05) is 0 Å². The van der Waals surface area contributed by atoms with Gasteiger partial charge in [-0.15, -0.1) is 0 Å². The van der Waals surface area contributed by atoms with Crippen molar-refractivity contribution in [2.45, 2.75) is 12.8 Å². The van der Waals surface area contributed by atoms with Gasteiger partial charge in [0.05, 0.1) is 0 Å². The molecule has 0 aromatic heterocycles. The van der Waals surface area contributed by atoms with E-state index in [0.29, 0.717) is 27.8 Å². The molecule has 0 bridgehead atoms. The fraction of sp³-hybridized carbons (Fsp3) is 0.133. The Kier molecular flexibility index (Phi) is 6.26. The molecular formula is C15H14BrFN2O3S. The molecule has 0 aliphatic heterocycles. The molecule has 8 heteroatoms. The van der Waals surface area contributed by atoms with Crippen molar-refractivity contribution in [1.82, 2.24) is 0 Å². The first-order valence-corrected chi connectivity index (χ1v) is 8.55. The number of hydrogen-bond acceptors (Lipinski definition) is 2. The Morgan fingerprint density at radius 1 is 1.17 bits per heavy atom. The van der Waals surface area contributed by atoms with Crippen LogP contribution in [0.4, 0.5) is 15.8 Å². The highest BCUT2D eigenvalue weighted by atomic mass is 79.9. The number of carbonyl (C=O) groups is 1. The number of benzene rings is 2. The van der Waals surface area contributed by atoms with Crippen LogP contribution in [-0.2, 0) is 22.5 Å². The summed E-state index contributed by atoms with van der Waals surface area (Å²) in [6.07, 6.45) is 0.452. The van der Waals surface area contributed by atoms with Crippen LogP contribution in [0.15, 0.2) is 46.9 Å². The molecule has 0 saturated carbocycles. The zero-order valence-electron chi connectivity index (χ0n) is 11.9. The van der Waals surface area contributed by atoms with Crippen molar-refractivity contribution in [2.75, 3.05) is 10.0 Å². The molecule has 0 heterocycles. The highest BCUT2D eigenvalue weighted by Crippen LogP contribution is 2.17. The summed E-state index contributed by atoms with van der Waals surface area (Å²) in [5, 5.41) is 2.69. The van der Waals surface area contributed by atoms with Crippen LogP contribution in [0.3, 0.4) is 0 Å². The first kappa shape index (κ1) is 17.6. The number of halogens is 2. The van der Waals surface area contributed by atoms with Gasteiger partial charge in [0.2, 0.25) is 5.91 Å². The summed E-state index contributed by atoms with van der Waals surface area (Å²) in [6, 6.07) is 11.1. The molecule has 1 amide bonds. The van der Waals surface area contributed by atoms with Gasteiger partial charge in [0.25, 0.3) is 11.3 Å². The van der Waals surface area contributed by atoms with E-state index >= 15 is 0 Å². The molecule has 0 fully saturated rings. The molecule has 23 heavy (non-hydrogen) atoms. The van der Waals surface area contributed by atoms with Crippen LogP contribution in [-0.4, -0.2) is 14.7 Å². The molecule has 0 aliphatic rings. The fourth-order valence-electron chi connectivity index (χ4n) is 1.92. The summed E-state index contributed by atoms with van der Waals surface area (Å²) in [5.74, 6) is -0.585. The Hall–Kier alpha value is -1.77. The maximum atomic E-state index is 13.7. The van der Waals surface area contributed by atoms with Gasteiger partial charge < -0.3 is 5.32 Å². The lowest BCUT2D eigenvalue weighted by Crippen LogP contribution is -2.12. The molecule has 0 saturated heterocycles. The average Bonchev–Trinajstić information content (AvgIpc) is 2.48. The lowest BCUT2D eigenvalue weighted by molar-refractivity contribution is -0.116. The number of hydrogen-bond donors (Lipinski definition) is 3. The number of aryl methyl sites for hydroxylation is 1.